The molecule has 1 N–H and O–H groups in total. The van der Waals surface area contributed by atoms with Crippen LogP contribution in [0.3, 0.4) is 0 Å². The molecule has 1 aliphatic heterocycles. The van der Waals surface area contributed by atoms with E-state index in [1.807, 2.05) is 39.0 Å². The van der Waals surface area contributed by atoms with Crippen LogP contribution in [-0.2, 0) is 10.0 Å². The van der Waals surface area contributed by atoms with Crippen LogP contribution in [-0.4, -0.2) is 26.8 Å². The number of nitrogens with zero attached hydrogens (tertiary/aromatic N) is 1. The van der Waals surface area contributed by atoms with Crippen LogP contribution in [0.4, 0.5) is 11.4 Å². The molecule has 0 bridgehead atoms. The minimum atomic E-state index is -3.28. The van der Waals surface area contributed by atoms with Crippen LogP contribution in [0.25, 0.3) is 0 Å². The molecule has 0 spiro atoms. The molecular weight excluding hydrogens is 236 g/mol. The number of hydrogen-bond donors (Lipinski definition) is 1. The standard InChI is InChI=1S/C12H18N2O2S/c1-9-6-5-7-10-11(9)14(17(4,15)16)12(2,3)8-13-10/h5-7,13H,8H2,1-4H3. The Balaban J connectivity index is 2.72. The van der Waals surface area contributed by atoms with Gasteiger partial charge in [-0.1, -0.05) is 12.1 Å². The summed E-state index contributed by atoms with van der Waals surface area (Å²) in [6.45, 7) is 6.39. The Bertz CT molecular complexity index is 550. The van der Waals surface area contributed by atoms with Crippen molar-refractivity contribution in [3.63, 3.8) is 0 Å². The lowest BCUT2D eigenvalue weighted by atomic mass is 9.99. The van der Waals surface area contributed by atoms with Crippen LogP contribution in [0.2, 0.25) is 0 Å². The van der Waals surface area contributed by atoms with E-state index in [0.29, 0.717) is 6.54 Å². The van der Waals surface area contributed by atoms with Crippen LogP contribution in [0, 0.1) is 6.92 Å². The van der Waals surface area contributed by atoms with Gasteiger partial charge in [-0.05, 0) is 32.4 Å². The predicted octanol–water partition coefficient (Wildman–Crippen LogP) is 1.97. The largest absolute Gasteiger partial charge is 0.381 e. The van der Waals surface area contributed by atoms with Crippen molar-refractivity contribution in [2.24, 2.45) is 0 Å². The molecule has 0 atom stereocenters. The summed E-state index contributed by atoms with van der Waals surface area (Å²) in [5.74, 6) is 0. The van der Waals surface area contributed by atoms with E-state index in [4.69, 9.17) is 0 Å². The van der Waals surface area contributed by atoms with Gasteiger partial charge in [-0.3, -0.25) is 4.31 Å². The van der Waals surface area contributed by atoms with Crippen LogP contribution >= 0.6 is 0 Å². The van der Waals surface area contributed by atoms with Gasteiger partial charge < -0.3 is 5.32 Å². The Kier molecular flexibility index (Phi) is 2.61. The molecule has 1 aromatic rings. The second kappa shape index (κ2) is 3.63. The van der Waals surface area contributed by atoms with Crippen molar-refractivity contribution in [3.05, 3.63) is 23.8 Å². The van der Waals surface area contributed by atoms with Crippen molar-refractivity contribution >= 4 is 21.4 Å². The molecule has 0 fully saturated rings. The van der Waals surface area contributed by atoms with Gasteiger partial charge in [0.2, 0.25) is 10.0 Å². The van der Waals surface area contributed by atoms with Crippen molar-refractivity contribution in [3.8, 4) is 0 Å². The monoisotopic (exact) mass is 254 g/mol. The van der Waals surface area contributed by atoms with Gasteiger partial charge in [0.05, 0.1) is 23.2 Å². The maximum absolute atomic E-state index is 12.0. The number of nitrogens with one attached hydrogen (secondary N) is 1. The maximum atomic E-state index is 12.0. The summed E-state index contributed by atoms with van der Waals surface area (Å²) in [5.41, 5.74) is 2.17. The Hall–Kier alpha value is -1.23. The molecule has 0 radical (unpaired) electrons. The fourth-order valence-electron chi connectivity index (χ4n) is 2.37. The van der Waals surface area contributed by atoms with E-state index < -0.39 is 15.6 Å². The average Bonchev–Trinajstić information content (AvgIpc) is 2.16. The van der Waals surface area contributed by atoms with Crippen molar-refractivity contribution in [2.45, 2.75) is 26.3 Å². The smallest absolute Gasteiger partial charge is 0.232 e. The minimum absolute atomic E-state index is 0.452. The Labute approximate surface area is 103 Å². The van der Waals surface area contributed by atoms with Gasteiger partial charge in [0.1, 0.15) is 0 Å². The number of fused-ring (bicyclic) bond motifs is 1. The normalized spacial score (nSPS) is 18.5. The topological polar surface area (TPSA) is 49.4 Å². The first kappa shape index (κ1) is 12.2. The van der Waals surface area contributed by atoms with Gasteiger partial charge in [0, 0.05) is 6.54 Å². The summed E-state index contributed by atoms with van der Waals surface area (Å²) in [5, 5.41) is 3.29. The molecule has 0 saturated heterocycles. The molecule has 0 aromatic heterocycles. The second-order valence-corrected chi connectivity index (χ2v) is 7.00. The van der Waals surface area contributed by atoms with Crippen LogP contribution < -0.4 is 9.62 Å². The number of benzene rings is 1. The summed E-state index contributed by atoms with van der Waals surface area (Å²) in [4.78, 5) is 0. The number of aryl methyl sites for hydroxylation is 1. The highest BCUT2D eigenvalue weighted by atomic mass is 32.2. The van der Waals surface area contributed by atoms with Crippen LogP contribution in [0.5, 0.6) is 0 Å². The van der Waals surface area contributed by atoms with Gasteiger partial charge in [-0.2, -0.15) is 0 Å². The first-order chi connectivity index (χ1) is 7.73. The zero-order chi connectivity index (χ0) is 12.8. The molecule has 4 nitrogen and oxygen atoms in total. The molecule has 2 rings (SSSR count). The number of rotatable bonds is 1. The first-order valence-electron chi connectivity index (χ1n) is 5.57. The number of hydrogen-bond acceptors (Lipinski definition) is 3. The Morgan fingerprint density at radius 1 is 1.35 bits per heavy atom. The van der Waals surface area contributed by atoms with E-state index in [1.54, 1.807) is 0 Å². The molecule has 1 heterocycles. The average molecular weight is 254 g/mol. The molecule has 0 amide bonds. The fourth-order valence-corrected chi connectivity index (χ4v) is 3.91. The van der Waals surface area contributed by atoms with E-state index >= 15 is 0 Å². The van der Waals surface area contributed by atoms with E-state index in [9.17, 15) is 8.42 Å². The summed E-state index contributed by atoms with van der Waals surface area (Å²) in [6, 6.07) is 5.77. The summed E-state index contributed by atoms with van der Waals surface area (Å²) in [6.07, 6.45) is 1.26. The summed E-state index contributed by atoms with van der Waals surface area (Å²) in [7, 11) is -3.28. The first-order valence-corrected chi connectivity index (χ1v) is 7.42. The van der Waals surface area contributed by atoms with Crippen molar-refractivity contribution in [1.29, 1.82) is 0 Å². The van der Waals surface area contributed by atoms with Gasteiger partial charge in [0.25, 0.3) is 0 Å². The summed E-state index contributed by atoms with van der Waals surface area (Å²) < 4.78 is 25.6. The molecule has 1 aliphatic rings. The van der Waals surface area contributed by atoms with E-state index in [1.165, 1.54) is 10.6 Å². The Morgan fingerprint density at radius 2 is 2.00 bits per heavy atom. The van der Waals surface area contributed by atoms with E-state index in [0.717, 1.165) is 16.9 Å². The third kappa shape index (κ3) is 1.99. The predicted molar refractivity (Wildman–Crippen MR) is 71.1 cm³/mol. The van der Waals surface area contributed by atoms with Gasteiger partial charge >= 0.3 is 0 Å². The molecular formula is C12H18N2O2S. The van der Waals surface area contributed by atoms with Crippen LogP contribution in [0.15, 0.2) is 18.2 Å². The van der Waals surface area contributed by atoms with Gasteiger partial charge in [-0.15, -0.1) is 0 Å². The highest BCUT2D eigenvalue weighted by Crippen LogP contribution is 2.40. The van der Waals surface area contributed by atoms with Crippen LogP contribution in [0.1, 0.15) is 19.4 Å². The van der Waals surface area contributed by atoms with E-state index in [-0.39, 0.29) is 0 Å². The quantitative estimate of drug-likeness (QED) is 0.833. The number of sulfonamides is 1. The summed E-state index contributed by atoms with van der Waals surface area (Å²) >= 11 is 0. The lowest BCUT2D eigenvalue weighted by Gasteiger charge is -2.44. The van der Waals surface area contributed by atoms with Crippen molar-refractivity contribution < 1.29 is 8.42 Å². The molecule has 17 heavy (non-hydrogen) atoms. The molecule has 0 saturated carbocycles. The fraction of sp³-hybridized carbons (Fsp3) is 0.500. The van der Waals surface area contributed by atoms with Crippen molar-refractivity contribution in [2.75, 3.05) is 22.4 Å². The molecule has 94 valence electrons. The SMILES string of the molecule is Cc1cccc2c1N(S(C)(=O)=O)C(C)(C)CN2. The van der Waals surface area contributed by atoms with Gasteiger partial charge in [0.15, 0.2) is 0 Å². The minimum Gasteiger partial charge on any atom is -0.381 e. The third-order valence-corrected chi connectivity index (χ3v) is 4.37. The number of para-hydroxylation sites is 1. The highest BCUT2D eigenvalue weighted by molar-refractivity contribution is 7.92. The zero-order valence-corrected chi connectivity index (χ0v) is 11.4. The lowest BCUT2D eigenvalue weighted by Crippen LogP contribution is -2.54. The zero-order valence-electron chi connectivity index (χ0n) is 10.6. The maximum Gasteiger partial charge on any atom is 0.232 e. The second-order valence-electron chi connectivity index (χ2n) is 5.16. The molecule has 0 unspecified atom stereocenters. The van der Waals surface area contributed by atoms with E-state index in [2.05, 4.69) is 5.32 Å². The highest BCUT2D eigenvalue weighted by Gasteiger charge is 2.39. The molecule has 1 aromatic carbocycles. The van der Waals surface area contributed by atoms with Gasteiger partial charge in [-0.25, -0.2) is 8.42 Å². The third-order valence-electron chi connectivity index (χ3n) is 3.03. The Morgan fingerprint density at radius 3 is 2.59 bits per heavy atom. The molecule has 0 aliphatic carbocycles. The molecule has 5 heteroatoms. The van der Waals surface area contributed by atoms with Crippen molar-refractivity contribution in [1.82, 2.24) is 0 Å². The lowest BCUT2D eigenvalue weighted by molar-refractivity contribution is 0.514. The number of anilines is 2.